The maximum absolute atomic E-state index is 11.9. The van der Waals surface area contributed by atoms with E-state index in [4.69, 9.17) is 27.9 Å². The fourth-order valence-corrected chi connectivity index (χ4v) is 2.70. The van der Waals surface area contributed by atoms with Crippen LogP contribution in [0.2, 0.25) is 10.0 Å². The van der Waals surface area contributed by atoms with Crippen LogP contribution in [0.15, 0.2) is 42.5 Å². The van der Waals surface area contributed by atoms with Crippen LogP contribution in [-0.2, 0) is 17.6 Å². The Morgan fingerprint density at radius 1 is 1.09 bits per heavy atom. The number of halogens is 2. The molecule has 0 bridgehead atoms. The summed E-state index contributed by atoms with van der Waals surface area (Å²) in [6.07, 6.45) is 1.85. The van der Waals surface area contributed by atoms with E-state index in [1.54, 1.807) is 19.2 Å². The number of aryl methyl sites for hydroxylation is 1. The van der Waals surface area contributed by atoms with E-state index in [9.17, 15) is 4.79 Å². The Morgan fingerprint density at radius 2 is 1.83 bits per heavy atom. The summed E-state index contributed by atoms with van der Waals surface area (Å²) in [6, 6.07) is 13.1. The minimum atomic E-state index is 0.0332. The van der Waals surface area contributed by atoms with Gasteiger partial charge in [0.1, 0.15) is 5.75 Å². The van der Waals surface area contributed by atoms with Crippen LogP contribution in [-0.4, -0.2) is 19.6 Å². The van der Waals surface area contributed by atoms with Crippen LogP contribution in [0.25, 0.3) is 0 Å². The van der Waals surface area contributed by atoms with E-state index in [2.05, 4.69) is 5.32 Å². The molecule has 0 aliphatic rings. The summed E-state index contributed by atoms with van der Waals surface area (Å²) in [6.45, 7) is 0.558. The van der Waals surface area contributed by atoms with Crippen LogP contribution >= 0.6 is 23.2 Å². The molecule has 0 fully saturated rings. The predicted octanol–water partition coefficient (Wildman–Crippen LogP) is 4.29. The number of carbonyl (C=O) groups is 1. The molecule has 23 heavy (non-hydrogen) atoms. The van der Waals surface area contributed by atoms with Crippen molar-refractivity contribution in [2.45, 2.75) is 19.3 Å². The molecule has 0 saturated heterocycles. The van der Waals surface area contributed by atoms with Crippen molar-refractivity contribution in [3.8, 4) is 5.75 Å². The van der Waals surface area contributed by atoms with Gasteiger partial charge in [-0.05, 0) is 48.2 Å². The molecule has 122 valence electrons. The van der Waals surface area contributed by atoms with Gasteiger partial charge in [-0.1, -0.05) is 41.4 Å². The van der Waals surface area contributed by atoms with Crippen LogP contribution < -0.4 is 10.1 Å². The monoisotopic (exact) mass is 351 g/mol. The molecule has 0 aliphatic carbocycles. The lowest BCUT2D eigenvalue weighted by atomic mass is 10.1. The summed E-state index contributed by atoms with van der Waals surface area (Å²) >= 11 is 12.0. The van der Waals surface area contributed by atoms with Gasteiger partial charge in [0.25, 0.3) is 0 Å². The maximum Gasteiger partial charge on any atom is 0.220 e. The van der Waals surface area contributed by atoms with E-state index in [0.29, 0.717) is 35.9 Å². The van der Waals surface area contributed by atoms with Crippen molar-refractivity contribution in [3.63, 3.8) is 0 Å². The molecule has 3 nitrogen and oxygen atoms in total. The Hall–Kier alpha value is -1.71. The first-order chi connectivity index (χ1) is 11.1. The first-order valence-corrected chi connectivity index (χ1v) is 8.17. The van der Waals surface area contributed by atoms with Gasteiger partial charge >= 0.3 is 0 Å². The summed E-state index contributed by atoms with van der Waals surface area (Å²) in [7, 11) is 1.63. The van der Waals surface area contributed by atoms with E-state index in [0.717, 1.165) is 16.9 Å². The van der Waals surface area contributed by atoms with Crippen LogP contribution in [0.3, 0.4) is 0 Å². The number of ether oxygens (including phenoxy) is 1. The normalized spacial score (nSPS) is 10.4. The van der Waals surface area contributed by atoms with E-state index < -0.39 is 0 Å². The maximum atomic E-state index is 11.9. The molecule has 0 aliphatic heterocycles. The van der Waals surface area contributed by atoms with Crippen molar-refractivity contribution in [2.75, 3.05) is 13.7 Å². The highest BCUT2D eigenvalue weighted by atomic mass is 35.5. The number of rotatable bonds is 7. The molecular formula is C18H19Cl2NO2. The molecule has 2 aromatic rings. The van der Waals surface area contributed by atoms with E-state index in [-0.39, 0.29) is 5.91 Å². The topological polar surface area (TPSA) is 38.3 Å². The highest BCUT2D eigenvalue weighted by Gasteiger charge is 2.05. The lowest BCUT2D eigenvalue weighted by molar-refractivity contribution is -0.121. The number of hydrogen-bond donors (Lipinski definition) is 1. The predicted molar refractivity (Wildman–Crippen MR) is 94.5 cm³/mol. The van der Waals surface area contributed by atoms with Crippen molar-refractivity contribution < 1.29 is 9.53 Å². The van der Waals surface area contributed by atoms with Gasteiger partial charge in [-0.2, -0.15) is 0 Å². The van der Waals surface area contributed by atoms with Gasteiger partial charge in [0.2, 0.25) is 5.91 Å². The second-order valence-electron chi connectivity index (χ2n) is 5.18. The minimum Gasteiger partial charge on any atom is -0.497 e. The number of benzene rings is 2. The quantitative estimate of drug-likeness (QED) is 0.807. The number of nitrogens with one attached hydrogen (secondary N) is 1. The van der Waals surface area contributed by atoms with Gasteiger partial charge in [0.05, 0.1) is 7.11 Å². The fourth-order valence-electron chi connectivity index (χ4n) is 2.20. The standard InChI is InChI=1S/C18H19Cl2NO2/c1-23-16-7-2-13(3-8-16)4-9-18(22)21-11-10-14-5-6-15(19)12-17(14)20/h2-3,5-8,12H,4,9-11H2,1H3,(H,21,22). The second kappa shape index (κ2) is 8.80. The zero-order chi connectivity index (χ0) is 16.7. The molecule has 0 saturated carbocycles. The van der Waals surface area contributed by atoms with Crippen molar-refractivity contribution in [1.82, 2.24) is 5.32 Å². The lowest BCUT2D eigenvalue weighted by Crippen LogP contribution is -2.25. The third-order valence-electron chi connectivity index (χ3n) is 3.53. The molecule has 0 radical (unpaired) electrons. The molecule has 1 amide bonds. The van der Waals surface area contributed by atoms with Crippen molar-refractivity contribution >= 4 is 29.1 Å². The third-order valence-corrected chi connectivity index (χ3v) is 4.12. The SMILES string of the molecule is COc1ccc(CCC(=O)NCCc2ccc(Cl)cc2Cl)cc1. The zero-order valence-electron chi connectivity index (χ0n) is 12.9. The van der Waals surface area contributed by atoms with Crippen molar-refractivity contribution in [2.24, 2.45) is 0 Å². The molecule has 0 spiro atoms. The molecule has 0 atom stereocenters. The van der Waals surface area contributed by atoms with Crippen molar-refractivity contribution in [3.05, 3.63) is 63.6 Å². The average molecular weight is 352 g/mol. The van der Waals surface area contributed by atoms with Crippen LogP contribution in [0.1, 0.15) is 17.5 Å². The Labute approximate surface area is 146 Å². The first kappa shape index (κ1) is 17.6. The Morgan fingerprint density at radius 3 is 2.48 bits per heavy atom. The summed E-state index contributed by atoms with van der Waals surface area (Å²) in [5.74, 6) is 0.851. The first-order valence-electron chi connectivity index (χ1n) is 7.42. The smallest absolute Gasteiger partial charge is 0.220 e. The lowest BCUT2D eigenvalue weighted by Gasteiger charge is -2.07. The number of amides is 1. The molecule has 1 N–H and O–H groups in total. The molecule has 2 rings (SSSR count). The number of methoxy groups -OCH3 is 1. The summed E-state index contributed by atoms with van der Waals surface area (Å²) in [4.78, 5) is 11.9. The van der Waals surface area contributed by atoms with Gasteiger partial charge in [-0.15, -0.1) is 0 Å². The minimum absolute atomic E-state index is 0.0332. The molecule has 5 heteroatoms. The molecule has 0 heterocycles. The number of hydrogen-bond acceptors (Lipinski definition) is 2. The van der Waals surface area contributed by atoms with Crippen LogP contribution in [0.5, 0.6) is 5.75 Å². The fraction of sp³-hybridized carbons (Fsp3) is 0.278. The van der Waals surface area contributed by atoms with E-state index in [1.165, 1.54) is 0 Å². The molecule has 2 aromatic carbocycles. The highest BCUT2D eigenvalue weighted by molar-refractivity contribution is 6.35. The Kier molecular flexibility index (Phi) is 6.75. The van der Waals surface area contributed by atoms with Gasteiger partial charge in [-0.25, -0.2) is 0 Å². The summed E-state index contributed by atoms with van der Waals surface area (Å²) < 4.78 is 5.11. The third kappa shape index (κ3) is 5.77. The molecular weight excluding hydrogens is 333 g/mol. The molecule has 0 unspecified atom stereocenters. The zero-order valence-corrected chi connectivity index (χ0v) is 14.5. The summed E-state index contributed by atoms with van der Waals surface area (Å²) in [5.41, 5.74) is 2.09. The van der Waals surface area contributed by atoms with Gasteiger partial charge in [0, 0.05) is 23.0 Å². The molecule has 0 aromatic heterocycles. The highest BCUT2D eigenvalue weighted by Crippen LogP contribution is 2.21. The number of carbonyl (C=O) groups excluding carboxylic acids is 1. The van der Waals surface area contributed by atoms with Gasteiger partial charge < -0.3 is 10.1 Å². The second-order valence-corrected chi connectivity index (χ2v) is 6.03. The van der Waals surface area contributed by atoms with E-state index in [1.807, 2.05) is 30.3 Å². The largest absolute Gasteiger partial charge is 0.497 e. The van der Waals surface area contributed by atoms with E-state index >= 15 is 0 Å². The van der Waals surface area contributed by atoms with Crippen molar-refractivity contribution in [1.29, 1.82) is 0 Å². The van der Waals surface area contributed by atoms with Gasteiger partial charge in [-0.3, -0.25) is 4.79 Å². The van der Waals surface area contributed by atoms with Crippen LogP contribution in [0.4, 0.5) is 0 Å². The van der Waals surface area contributed by atoms with Crippen LogP contribution in [0, 0.1) is 0 Å². The van der Waals surface area contributed by atoms with Gasteiger partial charge in [0.15, 0.2) is 0 Å². The Balaban J connectivity index is 1.72. The average Bonchev–Trinajstić information content (AvgIpc) is 2.55. The Bertz CT molecular complexity index is 657. The summed E-state index contributed by atoms with van der Waals surface area (Å²) in [5, 5.41) is 4.15.